The van der Waals surface area contributed by atoms with Gasteiger partial charge in [0.2, 0.25) is 0 Å². The van der Waals surface area contributed by atoms with Crippen LogP contribution in [0.3, 0.4) is 0 Å². The minimum absolute atomic E-state index is 0. The summed E-state index contributed by atoms with van der Waals surface area (Å²) in [6.45, 7) is 5.09. The molecule has 2 unspecified atom stereocenters. The summed E-state index contributed by atoms with van der Waals surface area (Å²) in [4.78, 5) is 3.56. The Kier molecular flexibility index (Phi) is 6.74. The normalized spacial score (nSPS) is 18.6. The zero-order chi connectivity index (χ0) is 13.5. The summed E-state index contributed by atoms with van der Waals surface area (Å²) in [6, 6.07) is 13.5. The average Bonchev–Trinajstić information content (AvgIpc) is 3.07. The fourth-order valence-corrected chi connectivity index (χ4v) is 23.6. The van der Waals surface area contributed by atoms with Crippen LogP contribution in [0.1, 0.15) is 14.8 Å². The predicted molar refractivity (Wildman–Crippen MR) is 97.9 cm³/mol. The van der Waals surface area contributed by atoms with Crippen LogP contribution in [0.25, 0.3) is 6.08 Å². The van der Waals surface area contributed by atoms with Crippen molar-refractivity contribution in [2.45, 2.75) is 21.4 Å². The van der Waals surface area contributed by atoms with E-state index in [1.165, 1.54) is 5.56 Å². The Morgan fingerprint density at radius 2 is 1.76 bits per heavy atom. The van der Waals surface area contributed by atoms with Gasteiger partial charge in [-0.25, -0.2) is 0 Å². The summed E-state index contributed by atoms with van der Waals surface area (Å²) in [5.41, 5.74) is 3.02. The molecule has 1 nitrogen and oxygen atoms in total. The van der Waals surface area contributed by atoms with E-state index in [2.05, 4.69) is 77.5 Å². The Bertz CT molecular complexity index is 612. The number of halogens is 2. The molecule has 0 amide bonds. The van der Waals surface area contributed by atoms with Crippen LogP contribution in [0, 0.1) is 0 Å². The van der Waals surface area contributed by atoms with Crippen molar-refractivity contribution in [3.63, 3.8) is 0 Å². The molecule has 3 rings (SSSR count). The molecule has 0 saturated carbocycles. The van der Waals surface area contributed by atoms with Crippen molar-refractivity contribution >= 4 is 40.2 Å². The van der Waals surface area contributed by atoms with Crippen molar-refractivity contribution in [3.8, 4) is 0 Å². The molecule has 1 aromatic heterocycles. The smallest absolute Gasteiger partial charge is 0.147 e. The molecule has 2 atom stereocenters. The van der Waals surface area contributed by atoms with Gasteiger partial charge < -0.3 is 0 Å². The van der Waals surface area contributed by atoms with Gasteiger partial charge in [-0.05, 0) is 0 Å². The van der Waals surface area contributed by atoms with Gasteiger partial charge in [0, 0.05) is 0 Å². The largest absolute Gasteiger partial charge is 0.147 e. The number of benzene rings is 1. The molecule has 5 heteroatoms. The quantitative estimate of drug-likeness (QED) is 0.708. The number of aromatic nitrogens is 1. The van der Waals surface area contributed by atoms with Crippen LogP contribution in [0.4, 0.5) is 0 Å². The van der Waals surface area contributed by atoms with E-state index in [1.807, 2.05) is 0 Å². The summed E-state index contributed by atoms with van der Waals surface area (Å²) in [5.74, 6) is -0.678. The van der Waals surface area contributed by atoms with E-state index in [0.29, 0.717) is 0 Å². The zero-order valence-electron chi connectivity index (χ0n) is 12.7. The van der Waals surface area contributed by atoms with Crippen LogP contribution >= 0.6 is 24.8 Å². The minimum Gasteiger partial charge on any atom is -0.147 e. The Hall–Kier alpha value is -0.0800. The first-order valence-electron chi connectivity index (χ1n) is 7.05. The first-order valence-corrected chi connectivity index (χ1v) is 19.3. The number of hydrogen-bond donors (Lipinski definition) is 1. The average molecular weight is 420 g/mol. The number of rotatable bonds is 3. The monoisotopic (exact) mass is 417 g/mol. The zero-order valence-corrected chi connectivity index (χ0v) is 17.9. The first kappa shape index (κ1) is 19.0. The number of nitrogens with one attached hydrogen (secondary N) is 1. The number of allylic oxidation sites excluding steroid dienone is 1. The number of hydrogen-bond acceptors (Lipinski definition) is 0. The van der Waals surface area contributed by atoms with Gasteiger partial charge >= 0.3 is 121 Å². The maximum atomic E-state index is 3.56. The second-order valence-electron chi connectivity index (χ2n) is 5.99. The van der Waals surface area contributed by atoms with Crippen LogP contribution in [-0.4, -0.2) is 10.9 Å². The second-order valence-corrected chi connectivity index (χ2v) is 33.1. The predicted octanol–water partition coefficient (Wildman–Crippen LogP) is 4.44. The molecule has 0 spiro atoms. The third-order valence-corrected chi connectivity index (χ3v) is 36.9. The molecule has 2 aromatic rings. The van der Waals surface area contributed by atoms with Crippen molar-refractivity contribution in [1.82, 2.24) is 4.98 Å². The van der Waals surface area contributed by atoms with Crippen LogP contribution in [0.5, 0.6) is 0 Å². The fraction of sp³-hybridized carbons (Fsp3) is 0.250. The van der Waals surface area contributed by atoms with Gasteiger partial charge in [-0.2, -0.15) is 0 Å². The standard InChI is InChI=1S/C9H7.C4H4N.C2H7Si.CH3.2ClH.Zr/c1-2-5-9-7-3-6-8(9)4-1;1-2-4-5-3-1;1-3-2;;;;/h1-7H;1-3,5H;3H,1-2H3;1H3;2*1H;. The summed E-state index contributed by atoms with van der Waals surface area (Å²) < 4.78 is 4.97. The maximum Gasteiger partial charge on any atom is -0.147 e. The summed E-state index contributed by atoms with van der Waals surface area (Å²) in [7, 11) is 0. The molecule has 1 aliphatic rings. The molecule has 1 heterocycles. The Morgan fingerprint density at radius 1 is 1.05 bits per heavy atom. The molecule has 0 fully saturated rings. The van der Waals surface area contributed by atoms with Gasteiger partial charge in [0.15, 0.2) is 0 Å². The topological polar surface area (TPSA) is 15.8 Å². The molecule has 1 aromatic carbocycles. The van der Waals surface area contributed by atoms with E-state index in [1.54, 1.807) is 8.97 Å². The van der Waals surface area contributed by atoms with Gasteiger partial charge in [-0.3, -0.25) is 0 Å². The number of H-pyrrole nitrogens is 1. The van der Waals surface area contributed by atoms with Gasteiger partial charge in [0.05, 0.1) is 0 Å². The second kappa shape index (κ2) is 7.46. The molecule has 0 aliphatic heterocycles. The van der Waals surface area contributed by atoms with Gasteiger partial charge in [0.25, 0.3) is 0 Å². The van der Waals surface area contributed by atoms with Crippen molar-refractivity contribution in [1.29, 1.82) is 0 Å². The summed E-state index contributed by atoms with van der Waals surface area (Å²) in [5, 5.41) is 0. The molecule has 114 valence electrons. The number of fused-ring (bicyclic) bond motifs is 1. The Labute approximate surface area is 145 Å². The molecule has 21 heavy (non-hydrogen) atoms. The van der Waals surface area contributed by atoms with Gasteiger partial charge in [0.1, 0.15) is 0 Å². The van der Waals surface area contributed by atoms with E-state index in [9.17, 15) is 0 Å². The molecule has 1 N–H and O–H groups in total. The van der Waals surface area contributed by atoms with Crippen molar-refractivity contribution in [2.24, 2.45) is 0 Å². The molecular weight excluding hydrogens is 396 g/mol. The molecule has 0 saturated heterocycles. The van der Waals surface area contributed by atoms with E-state index in [4.69, 9.17) is 0 Å². The van der Waals surface area contributed by atoms with Crippen LogP contribution in [0.2, 0.25) is 17.7 Å². The van der Waals surface area contributed by atoms with Crippen LogP contribution in [-0.2, 0) is 19.4 Å². The van der Waals surface area contributed by atoms with E-state index in [-0.39, 0.29) is 24.8 Å². The molecule has 0 radical (unpaired) electrons. The minimum atomic E-state index is -2.35. The van der Waals surface area contributed by atoms with E-state index >= 15 is 0 Å². The number of aromatic amines is 1. The fourth-order valence-electron chi connectivity index (χ4n) is 3.28. The van der Waals surface area contributed by atoms with E-state index in [0.717, 1.165) is 3.63 Å². The SMILES string of the molecule is C[SiH](C)[Zr]([CH3])([c]1ccc[nH]1)[CH]1C=Cc2ccccc21.Cl.Cl. The van der Waals surface area contributed by atoms with Gasteiger partial charge in [-0.15, -0.1) is 24.8 Å². The summed E-state index contributed by atoms with van der Waals surface area (Å²) >= 11 is -2.35. The Balaban J connectivity index is 0.00000110. The third kappa shape index (κ3) is 3.17. The first-order chi connectivity index (χ1) is 9.14. The Morgan fingerprint density at radius 3 is 2.38 bits per heavy atom. The summed E-state index contributed by atoms with van der Waals surface area (Å²) in [6.07, 6.45) is 6.94. The molecule has 1 aliphatic carbocycles. The van der Waals surface area contributed by atoms with Crippen molar-refractivity contribution < 1.29 is 19.4 Å². The third-order valence-electron chi connectivity index (χ3n) is 4.82. The van der Waals surface area contributed by atoms with Gasteiger partial charge in [-0.1, -0.05) is 0 Å². The van der Waals surface area contributed by atoms with E-state index < -0.39 is 25.4 Å². The maximum absolute atomic E-state index is 3.56. The molecular formula is C16H23Cl2NSiZr. The molecule has 0 bridgehead atoms. The van der Waals surface area contributed by atoms with Crippen LogP contribution < -0.4 is 3.40 Å². The van der Waals surface area contributed by atoms with Crippen LogP contribution in [0.15, 0.2) is 48.7 Å². The van der Waals surface area contributed by atoms with Crippen molar-refractivity contribution in [2.75, 3.05) is 0 Å². The van der Waals surface area contributed by atoms with Crippen molar-refractivity contribution in [3.05, 3.63) is 59.8 Å².